The van der Waals surface area contributed by atoms with Gasteiger partial charge in [-0.15, -0.1) is 0 Å². The highest BCUT2D eigenvalue weighted by Crippen LogP contribution is 2.29. The topological polar surface area (TPSA) is 63.1 Å². The molecule has 0 spiro atoms. The summed E-state index contributed by atoms with van der Waals surface area (Å²) in [6, 6.07) is 0.392. The third kappa shape index (κ3) is 3.79. The zero-order valence-corrected chi connectivity index (χ0v) is 13.3. The van der Waals surface area contributed by atoms with E-state index in [2.05, 4.69) is 5.32 Å². The Balaban J connectivity index is 1.39. The van der Waals surface area contributed by atoms with E-state index < -0.39 is 0 Å². The average molecular weight is 310 g/mol. The van der Waals surface area contributed by atoms with Crippen LogP contribution >= 0.6 is 0 Å². The summed E-state index contributed by atoms with van der Waals surface area (Å²) < 4.78 is 5.33. The fourth-order valence-electron chi connectivity index (χ4n) is 3.89. The predicted molar refractivity (Wildman–Crippen MR) is 81.5 cm³/mol. The Kier molecular flexibility index (Phi) is 5.31. The lowest BCUT2D eigenvalue weighted by Crippen LogP contribution is -3.14. The minimum absolute atomic E-state index is 0.0570. The van der Waals surface area contributed by atoms with E-state index in [1.54, 1.807) is 0 Å². The summed E-state index contributed by atoms with van der Waals surface area (Å²) in [4.78, 5) is 27.8. The van der Waals surface area contributed by atoms with Crippen molar-refractivity contribution in [3.05, 3.63) is 0 Å². The zero-order chi connectivity index (χ0) is 15.4. The van der Waals surface area contributed by atoms with Crippen LogP contribution in [-0.4, -0.2) is 68.7 Å². The van der Waals surface area contributed by atoms with Crippen molar-refractivity contribution in [3.8, 4) is 0 Å². The molecule has 3 rings (SSSR count). The van der Waals surface area contributed by atoms with Gasteiger partial charge in [0.25, 0.3) is 0 Å². The maximum Gasteiger partial charge on any atom is 0.225 e. The molecule has 2 amide bonds. The number of quaternary nitrogens is 1. The molecule has 1 saturated carbocycles. The maximum absolute atomic E-state index is 12.3. The van der Waals surface area contributed by atoms with E-state index in [0.717, 1.165) is 45.7 Å². The molecule has 0 aromatic heterocycles. The largest absolute Gasteiger partial charge is 0.370 e. The van der Waals surface area contributed by atoms with Crippen LogP contribution in [0, 0.1) is 5.92 Å². The summed E-state index contributed by atoms with van der Waals surface area (Å²) >= 11 is 0. The number of morpholine rings is 1. The Morgan fingerprint density at radius 2 is 2.00 bits per heavy atom. The fourth-order valence-corrected chi connectivity index (χ4v) is 3.89. The van der Waals surface area contributed by atoms with Crippen molar-refractivity contribution >= 4 is 11.8 Å². The second-order valence-corrected chi connectivity index (χ2v) is 6.79. The standard InChI is InChI=1S/C16H27N3O3/c20-15-11-13(12-19(15)14-3-1-2-4-14)16(21)17-5-6-18-7-9-22-10-8-18/h13-14H,1-12H2,(H,17,21)/p+1. The van der Waals surface area contributed by atoms with E-state index in [9.17, 15) is 9.59 Å². The molecule has 2 N–H and O–H groups in total. The van der Waals surface area contributed by atoms with E-state index >= 15 is 0 Å². The molecular weight excluding hydrogens is 282 g/mol. The van der Waals surface area contributed by atoms with Gasteiger partial charge in [0.1, 0.15) is 13.1 Å². The number of carbonyl (C=O) groups excluding carboxylic acids is 2. The SMILES string of the molecule is O=C(NCC[NH+]1CCOCC1)C1CC(=O)N(C2CCCC2)C1. The van der Waals surface area contributed by atoms with Gasteiger partial charge in [0, 0.05) is 19.0 Å². The molecule has 2 aliphatic heterocycles. The molecular formula is C16H28N3O3+. The fraction of sp³-hybridized carbons (Fsp3) is 0.875. The second kappa shape index (κ2) is 7.42. The number of ether oxygens (including phenoxy) is 1. The lowest BCUT2D eigenvalue weighted by atomic mass is 10.1. The molecule has 1 atom stereocenters. The molecule has 3 aliphatic rings. The normalized spacial score (nSPS) is 27.5. The van der Waals surface area contributed by atoms with Gasteiger partial charge in [0.2, 0.25) is 11.8 Å². The minimum Gasteiger partial charge on any atom is -0.370 e. The van der Waals surface area contributed by atoms with Gasteiger partial charge in [-0.05, 0) is 12.8 Å². The molecule has 6 heteroatoms. The lowest BCUT2D eigenvalue weighted by Gasteiger charge is -2.24. The first kappa shape index (κ1) is 15.7. The summed E-state index contributed by atoms with van der Waals surface area (Å²) in [5.41, 5.74) is 0. The van der Waals surface area contributed by atoms with Crippen molar-refractivity contribution in [2.75, 3.05) is 45.9 Å². The van der Waals surface area contributed by atoms with Crippen LogP contribution in [0.3, 0.4) is 0 Å². The summed E-state index contributed by atoms with van der Waals surface area (Å²) in [6.45, 7) is 5.94. The highest BCUT2D eigenvalue weighted by molar-refractivity contribution is 5.89. The van der Waals surface area contributed by atoms with Gasteiger partial charge >= 0.3 is 0 Å². The molecule has 1 unspecified atom stereocenters. The molecule has 0 bridgehead atoms. The lowest BCUT2D eigenvalue weighted by molar-refractivity contribution is -0.906. The van der Waals surface area contributed by atoms with Gasteiger partial charge in [0.15, 0.2) is 0 Å². The Bertz CT molecular complexity index is 403. The number of amides is 2. The Labute approximate surface area is 132 Å². The third-order valence-electron chi connectivity index (χ3n) is 5.27. The summed E-state index contributed by atoms with van der Waals surface area (Å²) in [5, 5.41) is 3.02. The number of rotatable bonds is 5. The highest BCUT2D eigenvalue weighted by atomic mass is 16.5. The number of nitrogens with one attached hydrogen (secondary N) is 2. The van der Waals surface area contributed by atoms with Gasteiger partial charge in [-0.3, -0.25) is 9.59 Å². The monoisotopic (exact) mass is 310 g/mol. The average Bonchev–Trinajstić information content (AvgIpc) is 3.17. The van der Waals surface area contributed by atoms with Gasteiger partial charge < -0.3 is 19.9 Å². The van der Waals surface area contributed by atoms with Crippen LogP contribution in [0.2, 0.25) is 0 Å². The molecule has 2 saturated heterocycles. The second-order valence-electron chi connectivity index (χ2n) is 6.79. The highest BCUT2D eigenvalue weighted by Gasteiger charge is 2.38. The van der Waals surface area contributed by atoms with Crippen LogP contribution in [0.15, 0.2) is 0 Å². The van der Waals surface area contributed by atoms with Gasteiger partial charge in [0.05, 0.1) is 32.2 Å². The van der Waals surface area contributed by atoms with Crippen LogP contribution in [0.4, 0.5) is 0 Å². The van der Waals surface area contributed by atoms with Crippen LogP contribution in [0.1, 0.15) is 32.1 Å². The van der Waals surface area contributed by atoms with Crippen LogP contribution < -0.4 is 10.2 Å². The Hall–Kier alpha value is -1.14. The molecule has 0 aromatic rings. The zero-order valence-electron chi connectivity index (χ0n) is 13.3. The number of carbonyl (C=O) groups is 2. The summed E-state index contributed by atoms with van der Waals surface area (Å²) in [6.07, 6.45) is 5.05. The number of likely N-dealkylation sites (tertiary alicyclic amines) is 1. The van der Waals surface area contributed by atoms with Crippen molar-refractivity contribution in [3.63, 3.8) is 0 Å². The van der Waals surface area contributed by atoms with Crippen LogP contribution in [-0.2, 0) is 14.3 Å². The summed E-state index contributed by atoms with van der Waals surface area (Å²) in [7, 11) is 0. The first-order valence-electron chi connectivity index (χ1n) is 8.72. The van der Waals surface area contributed by atoms with E-state index in [1.165, 1.54) is 17.7 Å². The van der Waals surface area contributed by atoms with Gasteiger partial charge in [-0.2, -0.15) is 0 Å². The third-order valence-corrected chi connectivity index (χ3v) is 5.27. The number of hydrogen-bond acceptors (Lipinski definition) is 3. The Morgan fingerprint density at radius 1 is 1.27 bits per heavy atom. The van der Waals surface area contributed by atoms with E-state index in [-0.39, 0.29) is 17.7 Å². The van der Waals surface area contributed by atoms with Crippen molar-refractivity contribution in [1.82, 2.24) is 10.2 Å². The molecule has 0 radical (unpaired) electrons. The Morgan fingerprint density at radius 3 is 2.73 bits per heavy atom. The van der Waals surface area contributed by atoms with Crippen molar-refractivity contribution < 1.29 is 19.2 Å². The number of nitrogens with zero attached hydrogens (tertiary/aromatic N) is 1. The molecule has 0 aromatic carbocycles. The van der Waals surface area contributed by atoms with Crippen LogP contribution in [0.5, 0.6) is 0 Å². The molecule has 22 heavy (non-hydrogen) atoms. The number of hydrogen-bond donors (Lipinski definition) is 2. The first-order chi connectivity index (χ1) is 10.7. The predicted octanol–water partition coefficient (Wildman–Crippen LogP) is -1.19. The van der Waals surface area contributed by atoms with Crippen molar-refractivity contribution in [2.45, 2.75) is 38.1 Å². The smallest absolute Gasteiger partial charge is 0.225 e. The molecule has 124 valence electrons. The van der Waals surface area contributed by atoms with Gasteiger partial charge in [-0.25, -0.2) is 0 Å². The molecule has 1 aliphatic carbocycles. The molecule has 6 nitrogen and oxygen atoms in total. The van der Waals surface area contributed by atoms with E-state index in [1.807, 2.05) is 4.90 Å². The molecule has 3 fully saturated rings. The quantitative estimate of drug-likeness (QED) is 0.671. The van der Waals surface area contributed by atoms with Crippen molar-refractivity contribution in [2.24, 2.45) is 5.92 Å². The van der Waals surface area contributed by atoms with Gasteiger partial charge in [-0.1, -0.05) is 12.8 Å². The van der Waals surface area contributed by atoms with E-state index in [4.69, 9.17) is 4.74 Å². The minimum atomic E-state index is -0.146. The van der Waals surface area contributed by atoms with Crippen molar-refractivity contribution in [1.29, 1.82) is 0 Å². The molecule has 2 heterocycles. The summed E-state index contributed by atoms with van der Waals surface area (Å²) in [5.74, 6) is 0.0835. The van der Waals surface area contributed by atoms with Crippen LogP contribution in [0.25, 0.3) is 0 Å². The maximum atomic E-state index is 12.3. The first-order valence-corrected chi connectivity index (χ1v) is 8.72. The van der Waals surface area contributed by atoms with E-state index in [0.29, 0.717) is 25.6 Å².